The average molecular weight is 421 g/mol. The Balaban J connectivity index is 1.76. The van der Waals surface area contributed by atoms with Crippen LogP contribution in [0.3, 0.4) is 0 Å². The van der Waals surface area contributed by atoms with Crippen LogP contribution in [0.2, 0.25) is 0 Å². The summed E-state index contributed by atoms with van der Waals surface area (Å²) in [6.07, 6.45) is 4.39. The molecule has 2 aromatic carbocycles. The van der Waals surface area contributed by atoms with Gasteiger partial charge in [-0.3, -0.25) is 14.6 Å². The summed E-state index contributed by atoms with van der Waals surface area (Å²) in [7, 11) is 1.48. The predicted molar refractivity (Wildman–Crippen MR) is 111 cm³/mol. The highest BCUT2D eigenvalue weighted by Crippen LogP contribution is 2.28. The number of hydrogen-bond donors (Lipinski definition) is 1. The lowest BCUT2D eigenvalue weighted by atomic mass is 10.1. The van der Waals surface area contributed by atoms with E-state index in [1.54, 1.807) is 30.3 Å². The second kappa shape index (κ2) is 8.35. The molecule has 156 valence electrons. The van der Waals surface area contributed by atoms with Gasteiger partial charge in [0, 0.05) is 40.7 Å². The number of hydrogen-bond acceptors (Lipinski definition) is 4. The molecule has 2 heterocycles. The smallest absolute Gasteiger partial charge is 0.296 e. The maximum atomic E-state index is 14.2. The van der Waals surface area contributed by atoms with Gasteiger partial charge in [-0.1, -0.05) is 6.07 Å². The number of nitrogens with one attached hydrogen (secondary N) is 1. The Hall–Kier alpha value is -4.07. The minimum Gasteiger partial charge on any atom is -0.497 e. The zero-order valence-corrected chi connectivity index (χ0v) is 16.4. The quantitative estimate of drug-likeness (QED) is 0.374. The van der Waals surface area contributed by atoms with Gasteiger partial charge >= 0.3 is 0 Å². The second-order valence-corrected chi connectivity index (χ2v) is 6.77. The van der Waals surface area contributed by atoms with Crippen molar-refractivity contribution in [2.45, 2.75) is 6.54 Å². The van der Waals surface area contributed by atoms with Crippen molar-refractivity contribution in [3.63, 3.8) is 0 Å². The van der Waals surface area contributed by atoms with Gasteiger partial charge in [0.25, 0.3) is 11.7 Å². The molecular formula is C23H17F2N3O3. The SMILES string of the molecule is COc1ccc2c(c1)c(C(=O)C(=O)Nc1ccncc1)cn2Cc1c(F)cccc1F. The molecule has 0 unspecified atom stereocenters. The summed E-state index contributed by atoms with van der Waals surface area (Å²) in [5.74, 6) is -2.55. The lowest BCUT2D eigenvalue weighted by molar-refractivity contribution is -0.112. The molecule has 0 aliphatic heterocycles. The standard InChI is InChI=1S/C23H17F2N3O3/c1-31-15-5-6-21-16(11-15)17(22(29)23(30)27-14-7-9-26-10-8-14)12-28(21)13-18-19(24)3-2-4-20(18)25/h2-12H,13H2,1H3,(H,26,27,30). The molecule has 2 aromatic heterocycles. The number of ketones is 1. The lowest BCUT2D eigenvalue weighted by Crippen LogP contribution is -2.22. The zero-order valence-electron chi connectivity index (χ0n) is 16.4. The van der Waals surface area contributed by atoms with Gasteiger partial charge in [-0.15, -0.1) is 0 Å². The summed E-state index contributed by atoms with van der Waals surface area (Å²) in [5.41, 5.74) is 0.902. The molecule has 4 aromatic rings. The van der Waals surface area contributed by atoms with Gasteiger partial charge in [0.2, 0.25) is 0 Å². The molecule has 1 amide bonds. The Morgan fingerprint density at radius 1 is 1.06 bits per heavy atom. The molecule has 6 nitrogen and oxygen atoms in total. The van der Waals surface area contributed by atoms with Crippen LogP contribution in [0.4, 0.5) is 14.5 Å². The normalized spacial score (nSPS) is 10.8. The Labute approximate surface area is 176 Å². The number of fused-ring (bicyclic) bond motifs is 1. The van der Waals surface area contributed by atoms with Crippen molar-refractivity contribution < 1.29 is 23.1 Å². The van der Waals surface area contributed by atoms with Gasteiger partial charge in [0.05, 0.1) is 19.2 Å². The van der Waals surface area contributed by atoms with E-state index in [4.69, 9.17) is 4.74 Å². The minimum absolute atomic E-state index is 0.0946. The van der Waals surface area contributed by atoms with Gasteiger partial charge in [-0.25, -0.2) is 8.78 Å². The molecule has 4 rings (SSSR count). The minimum atomic E-state index is -0.842. The molecule has 0 bridgehead atoms. The molecule has 0 aliphatic carbocycles. The van der Waals surface area contributed by atoms with Gasteiger partial charge in [-0.05, 0) is 42.5 Å². The number of nitrogens with zero attached hydrogens (tertiary/aromatic N) is 2. The Morgan fingerprint density at radius 2 is 1.77 bits per heavy atom. The van der Waals surface area contributed by atoms with Crippen LogP contribution in [0.15, 0.2) is 67.1 Å². The van der Waals surface area contributed by atoms with Crippen LogP contribution < -0.4 is 10.1 Å². The summed E-state index contributed by atoms with van der Waals surface area (Å²) in [6.45, 7) is -0.152. The topological polar surface area (TPSA) is 73.2 Å². The van der Waals surface area contributed by atoms with Crippen molar-refractivity contribution >= 4 is 28.3 Å². The van der Waals surface area contributed by atoms with Gasteiger partial charge < -0.3 is 14.6 Å². The lowest BCUT2D eigenvalue weighted by Gasteiger charge is -2.08. The molecule has 0 saturated heterocycles. The van der Waals surface area contributed by atoms with Gasteiger partial charge in [0.1, 0.15) is 17.4 Å². The first-order valence-corrected chi connectivity index (χ1v) is 9.33. The van der Waals surface area contributed by atoms with E-state index in [1.165, 1.54) is 48.5 Å². The van der Waals surface area contributed by atoms with E-state index in [0.717, 1.165) is 0 Å². The van der Waals surface area contributed by atoms with Crippen LogP contribution in [0, 0.1) is 11.6 Å². The zero-order chi connectivity index (χ0) is 22.0. The Morgan fingerprint density at radius 3 is 2.45 bits per heavy atom. The molecule has 31 heavy (non-hydrogen) atoms. The summed E-state index contributed by atoms with van der Waals surface area (Å²) < 4.78 is 35.1. The number of amides is 1. The van der Waals surface area contributed by atoms with Crippen molar-refractivity contribution in [2.24, 2.45) is 0 Å². The van der Waals surface area contributed by atoms with E-state index < -0.39 is 23.3 Å². The average Bonchev–Trinajstić information content (AvgIpc) is 3.14. The molecule has 0 spiro atoms. The van der Waals surface area contributed by atoms with Crippen LogP contribution in [0.25, 0.3) is 10.9 Å². The molecule has 0 radical (unpaired) electrons. The number of pyridine rings is 1. The first kappa shape index (κ1) is 20.2. The fourth-order valence-electron chi connectivity index (χ4n) is 3.31. The summed E-state index contributed by atoms with van der Waals surface area (Å²) >= 11 is 0. The largest absolute Gasteiger partial charge is 0.497 e. The number of methoxy groups -OCH3 is 1. The molecule has 0 aliphatic rings. The van der Waals surface area contributed by atoms with Crippen molar-refractivity contribution in [3.8, 4) is 5.75 Å². The monoisotopic (exact) mass is 421 g/mol. The van der Waals surface area contributed by atoms with Gasteiger partial charge in [-0.2, -0.15) is 0 Å². The number of Topliss-reactive ketones (excluding diaryl/α,β-unsaturated/α-hetero) is 1. The van der Waals surface area contributed by atoms with Crippen LogP contribution >= 0.6 is 0 Å². The van der Waals surface area contributed by atoms with Crippen molar-refractivity contribution in [3.05, 3.63) is 89.9 Å². The second-order valence-electron chi connectivity index (χ2n) is 6.77. The number of carbonyl (C=O) groups excluding carboxylic acids is 2. The highest BCUT2D eigenvalue weighted by Gasteiger charge is 2.23. The summed E-state index contributed by atoms with van der Waals surface area (Å²) in [5, 5.41) is 2.96. The van der Waals surface area contributed by atoms with E-state index in [0.29, 0.717) is 22.3 Å². The van der Waals surface area contributed by atoms with E-state index in [1.807, 2.05) is 0 Å². The highest BCUT2D eigenvalue weighted by molar-refractivity contribution is 6.48. The molecule has 0 fully saturated rings. The molecular weight excluding hydrogens is 404 g/mol. The van der Waals surface area contributed by atoms with Crippen molar-refractivity contribution in [2.75, 3.05) is 12.4 Å². The first-order chi connectivity index (χ1) is 15.0. The third-order valence-corrected chi connectivity index (χ3v) is 4.87. The van der Waals surface area contributed by atoms with Crippen LogP contribution in [-0.4, -0.2) is 28.4 Å². The maximum Gasteiger partial charge on any atom is 0.296 e. The third-order valence-electron chi connectivity index (χ3n) is 4.87. The van der Waals surface area contributed by atoms with Crippen LogP contribution in [0.1, 0.15) is 15.9 Å². The Kier molecular flexibility index (Phi) is 5.44. The van der Waals surface area contributed by atoms with E-state index >= 15 is 0 Å². The number of halogens is 2. The number of rotatable bonds is 6. The van der Waals surface area contributed by atoms with E-state index in [2.05, 4.69) is 10.3 Å². The molecule has 0 atom stereocenters. The summed E-state index contributed by atoms with van der Waals surface area (Å²) in [6, 6.07) is 11.7. The number of ether oxygens (including phenoxy) is 1. The van der Waals surface area contributed by atoms with Crippen molar-refractivity contribution in [1.29, 1.82) is 0 Å². The molecule has 1 N–H and O–H groups in total. The highest BCUT2D eigenvalue weighted by atomic mass is 19.1. The molecule has 0 saturated carbocycles. The number of aromatic nitrogens is 2. The number of carbonyl (C=O) groups is 2. The van der Waals surface area contributed by atoms with Gasteiger partial charge in [0.15, 0.2) is 0 Å². The van der Waals surface area contributed by atoms with Crippen LogP contribution in [0.5, 0.6) is 5.75 Å². The van der Waals surface area contributed by atoms with Crippen LogP contribution in [-0.2, 0) is 11.3 Å². The molecule has 8 heteroatoms. The summed E-state index contributed by atoms with van der Waals surface area (Å²) in [4.78, 5) is 29.3. The van der Waals surface area contributed by atoms with E-state index in [9.17, 15) is 18.4 Å². The number of benzene rings is 2. The third kappa shape index (κ3) is 4.00. The fraction of sp³-hybridized carbons (Fsp3) is 0.0870. The van der Waals surface area contributed by atoms with Crippen molar-refractivity contribution in [1.82, 2.24) is 9.55 Å². The number of anilines is 1. The Bertz CT molecular complexity index is 1270. The van der Waals surface area contributed by atoms with E-state index in [-0.39, 0.29) is 17.7 Å². The predicted octanol–water partition coefficient (Wildman–Crippen LogP) is 4.19. The fourth-order valence-corrected chi connectivity index (χ4v) is 3.31. The first-order valence-electron chi connectivity index (χ1n) is 9.33. The maximum absolute atomic E-state index is 14.2.